The minimum Gasteiger partial charge on any atom is -0.493 e. The van der Waals surface area contributed by atoms with Gasteiger partial charge in [0.2, 0.25) is 0 Å². The molecule has 0 saturated heterocycles. The zero-order chi connectivity index (χ0) is 19.6. The number of nitrogens with zero attached hydrogens (tertiary/aromatic N) is 1. The zero-order valence-corrected chi connectivity index (χ0v) is 15.1. The molecule has 0 fully saturated rings. The molecule has 2 aromatic carbocycles. The van der Waals surface area contributed by atoms with Crippen LogP contribution < -0.4 is 9.47 Å². The predicted octanol–water partition coefficient (Wildman–Crippen LogP) is 4.25. The lowest BCUT2D eigenvalue weighted by Gasteiger charge is -2.08. The number of rotatable bonds is 5. The summed E-state index contributed by atoms with van der Waals surface area (Å²) in [5.74, 6) is 0.260. The van der Waals surface area contributed by atoms with Gasteiger partial charge >= 0.3 is 5.97 Å². The standard InChI is InChI=1S/C19H14ClNO6/c1-25-17-8-12(15(21(23)24)10-18(17)26-2)7-13-9-16(27-19(13)22)11-3-5-14(20)6-4-11/h3-10H,1-2H3/b13-7+. The Morgan fingerprint density at radius 2 is 1.74 bits per heavy atom. The summed E-state index contributed by atoms with van der Waals surface area (Å²) in [6.45, 7) is 0. The van der Waals surface area contributed by atoms with Crippen molar-refractivity contribution in [3.05, 3.63) is 74.3 Å². The number of cyclic esters (lactones) is 1. The van der Waals surface area contributed by atoms with Crippen molar-refractivity contribution in [3.63, 3.8) is 0 Å². The third-order valence-corrected chi connectivity index (χ3v) is 4.15. The summed E-state index contributed by atoms with van der Waals surface area (Å²) in [5.41, 5.74) is 0.813. The van der Waals surface area contributed by atoms with E-state index < -0.39 is 10.9 Å². The average Bonchev–Trinajstić information content (AvgIpc) is 3.02. The number of nitro groups is 1. The topological polar surface area (TPSA) is 87.9 Å². The van der Waals surface area contributed by atoms with Crippen LogP contribution in [0.2, 0.25) is 5.02 Å². The summed E-state index contributed by atoms with van der Waals surface area (Å²) in [7, 11) is 2.80. The second-order valence-electron chi connectivity index (χ2n) is 5.53. The van der Waals surface area contributed by atoms with E-state index >= 15 is 0 Å². The van der Waals surface area contributed by atoms with E-state index in [2.05, 4.69) is 0 Å². The number of nitro benzene ring substituents is 1. The molecular formula is C19H14ClNO6. The molecule has 7 nitrogen and oxygen atoms in total. The van der Waals surface area contributed by atoms with E-state index in [-0.39, 0.29) is 22.6 Å². The number of halogens is 1. The van der Waals surface area contributed by atoms with E-state index in [0.29, 0.717) is 22.1 Å². The predicted molar refractivity (Wildman–Crippen MR) is 99.7 cm³/mol. The van der Waals surface area contributed by atoms with Crippen LogP contribution in [-0.4, -0.2) is 25.1 Å². The Morgan fingerprint density at radius 1 is 1.11 bits per heavy atom. The molecule has 8 heteroatoms. The van der Waals surface area contributed by atoms with Gasteiger partial charge < -0.3 is 14.2 Å². The Hall–Kier alpha value is -3.32. The van der Waals surface area contributed by atoms with Gasteiger partial charge in [-0.05, 0) is 42.5 Å². The molecule has 27 heavy (non-hydrogen) atoms. The van der Waals surface area contributed by atoms with E-state index in [1.165, 1.54) is 38.5 Å². The fourth-order valence-corrected chi connectivity index (χ4v) is 2.70. The molecule has 1 aliphatic heterocycles. The highest BCUT2D eigenvalue weighted by molar-refractivity contribution is 6.30. The van der Waals surface area contributed by atoms with E-state index in [1.807, 2.05) is 0 Å². The molecule has 1 heterocycles. The second-order valence-corrected chi connectivity index (χ2v) is 5.96. The Labute approximate surface area is 159 Å². The molecule has 0 atom stereocenters. The van der Waals surface area contributed by atoms with Gasteiger partial charge in [-0.1, -0.05) is 11.6 Å². The van der Waals surface area contributed by atoms with Crippen LogP contribution in [-0.2, 0) is 9.53 Å². The number of benzene rings is 2. The molecule has 0 bridgehead atoms. The largest absolute Gasteiger partial charge is 0.493 e. The van der Waals surface area contributed by atoms with Crippen molar-refractivity contribution in [1.82, 2.24) is 0 Å². The third-order valence-electron chi connectivity index (χ3n) is 3.89. The molecule has 0 unspecified atom stereocenters. The van der Waals surface area contributed by atoms with Crippen LogP contribution in [0.3, 0.4) is 0 Å². The van der Waals surface area contributed by atoms with Gasteiger partial charge in [-0.2, -0.15) is 0 Å². The number of hydrogen-bond donors (Lipinski definition) is 0. The van der Waals surface area contributed by atoms with Gasteiger partial charge in [0.05, 0.1) is 36.3 Å². The Bertz CT molecular complexity index is 978. The molecule has 0 spiro atoms. The van der Waals surface area contributed by atoms with Crippen LogP contribution in [0.25, 0.3) is 11.8 Å². The van der Waals surface area contributed by atoms with Crippen LogP contribution in [0.4, 0.5) is 5.69 Å². The van der Waals surface area contributed by atoms with E-state index in [4.69, 9.17) is 25.8 Å². The SMILES string of the molecule is COc1cc(/C=C2\C=C(c3ccc(Cl)cc3)OC2=O)c([N+](=O)[O-])cc1OC. The van der Waals surface area contributed by atoms with E-state index in [9.17, 15) is 14.9 Å². The Kier molecular flexibility index (Phi) is 5.14. The second kappa shape index (κ2) is 7.51. The van der Waals surface area contributed by atoms with Crippen molar-refractivity contribution in [3.8, 4) is 11.5 Å². The van der Waals surface area contributed by atoms with Gasteiger partial charge in [-0.15, -0.1) is 0 Å². The van der Waals surface area contributed by atoms with E-state index in [1.54, 1.807) is 24.3 Å². The van der Waals surface area contributed by atoms with Crippen LogP contribution in [0.5, 0.6) is 11.5 Å². The maximum Gasteiger partial charge on any atom is 0.343 e. The van der Waals surface area contributed by atoms with Crippen LogP contribution in [0.15, 0.2) is 48.0 Å². The van der Waals surface area contributed by atoms with Crippen LogP contribution in [0.1, 0.15) is 11.1 Å². The zero-order valence-electron chi connectivity index (χ0n) is 14.4. The first-order chi connectivity index (χ1) is 12.9. The summed E-state index contributed by atoms with van der Waals surface area (Å²) >= 11 is 5.86. The van der Waals surface area contributed by atoms with Gasteiger partial charge in [0.1, 0.15) is 5.76 Å². The third kappa shape index (κ3) is 3.78. The Morgan fingerprint density at radius 3 is 2.33 bits per heavy atom. The maximum absolute atomic E-state index is 12.2. The minimum absolute atomic E-state index is 0.176. The molecule has 0 amide bonds. The minimum atomic E-state index is -0.607. The number of esters is 1. The lowest BCUT2D eigenvalue weighted by Crippen LogP contribution is -1.99. The fourth-order valence-electron chi connectivity index (χ4n) is 2.57. The lowest BCUT2D eigenvalue weighted by atomic mass is 10.1. The molecule has 0 radical (unpaired) electrons. The fraction of sp³-hybridized carbons (Fsp3) is 0.105. The molecule has 0 aromatic heterocycles. The first kappa shape index (κ1) is 18.5. The highest BCUT2D eigenvalue weighted by atomic mass is 35.5. The number of carbonyl (C=O) groups is 1. The van der Waals surface area contributed by atoms with Crippen molar-refractivity contribution in [2.45, 2.75) is 0 Å². The molecule has 2 aromatic rings. The van der Waals surface area contributed by atoms with Crippen LogP contribution >= 0.6 is 11.6 Å². The normalized spacial score (nSPS) is 14.7. The maximum atomic E-state index is 12.2. The summed E-state index contributed by atoms with van der Waals surface area (Å²) < 4.78 is 15.5. The molecular weight excluding hydrogens is 374 g/mol. The summed E-state index contributed by atoms with van der Waals surface area (Å²) in [4.78, 5) is 23.0. The number of carbonyl (C=O) groups excluding carboxylic acids is 1. The van der Waals surface area contributed by atoms with Gasteiger partial charge in [-0.3, -0.25) is 10.1 Å². The molecule has 0 saturated carbocycles. The van der Waals surface area contributed by atoms with Crippen molar-refractivity contribution in [1.29, 1.82) is 0 Å². The molecule has 3 rings (SSSR count). The van der Waals surface area contributed by atoms with Gasteiger partial charge in [0, 0.05) is 10.6 Å². The first-order valence-electron chi connectivity index (χ1n) is 7.75. The highest BCUT2D eigenvalue weighted by Gasteiger charge is 2.25. The number of methoxy groups -OCH3 is 2. The van der Waals surface area contributed by atoms with Crippen molar-refractivity contribution in [2.75, 3.05) is 14.2 Å². The monoisotopic (exact) mass is 387 g/mol. The number of hydrogen-bond acceptors (Lipinski definition) is 6. The van der Waals surface area contributed by atoms with Crippen molar-refractivity contribution >= 4 is 35.1 Å². The van der Waals surface area contributed by atoms with Gasteiger partial charge in [-0.25, -0.2) is 4.79 Å². The molecule has 138 valence electrons. The van der Waals surface area contributed by atoms with E-state index in [0.717, 1.165) is 0 Å². The summed E-state index contributed by atoms with van der Waals surface area (Å²) in [5, 5.41) is 12.0. The first-order valence-corrected chi connectivity index (χ1v) is 8.12. The average molecular weight is 388 g/mol. The van der Waals surface area contributed by atoms with Gasteiger partial charge in [0.15, 0.2) is 11.5 Å². The number of ether oxygens (including phenoxy) is 3. The molecule has 0 aliphatic carbocycles. The molecule has 1 aliphatic rings. The summed E-state index contributed by atoms with van der Waals surface area (Å²) in [6, 6.07) is 9.45. The highest BCUT2D eigenvalue weighted by Crippen LogP contribution is 2.37. The lowest BCUT2D eigenvalue weighted by molar-refractivity contribution is -0.385. The van der Waals surface area contributed by atoms with Crippen LogP contribution in [0, 0.1) is 10.1 Å². The summed E-state index contributed by atoms with van der Waals surface area (Å²) in [6.07, 6.45) is 2.90. The van der Waals surface area contributed by atoms with Crippen molar-refractivity contribution in [2.24, 2.45) is 0 Å². The molecule has 0 N–H and O–H groups in total. The smallest absolute Gasteiger partial charge is 0.343 e. The Balaban J connectivity index is 2.06. The van der Waals surface area contributed by atoms with Gasteiger partial charge in [0.25, 0.3) is 5.69 Å². The van der Waals surface area contributed by atoms with Crippen molar-refractivity contribution < 1.29 is 23.9 Å². The quantitative estimate of drug-likeness (QED) is 0.330.